The lowest BCUT2D eigenvalue weighted by molar-refractivity contribution is -0.146. The lowest BCUT2D eigenvalue weighted by Crippen LogP contribution is -2.58. The molecule has 0 radical (unpaired) electrons. The maximum absolute atomic E-state index is 14.3. The number of hydrogen-bond acceptors (Lipinski definition) is 7. The molecule has 3 N–H and O–H groups in total. The Morgan fingerprint density at radius 3 is 2.52 bits per heavy atom. The van der Waals surface area contributed by atoms with Crippen LogP contribution in [0.4, 0.5) is 4.79 Å². The normalized spacial score (nSPS) is 30.6. The van der Waals surface area contributed by atoms with Crippen molar-refractivity contribution < 1.29 is 37.4 Å². The number of carbonyl (C=O) groups excluding carboxylic acids is 3. The Bertz CT molecular complexity index is 1750. The van der Waals surface area contributed by atoms with Crippen molar-refractivity contribution in [3.63, 3.8) is 0 Å². The largest absolute Gasteiger partial charge is 0.479 e. The average molecular weight is 681 g/mol. The van der Waals surface area contributed by atoms with Crippen molar-refractivity contribution in [2.45, 2.75) is 87.4 Å². The summed E-state index contributed by atoms with van der Waals surface area (Å²) in [6.07, 6.45) is 6.54. The first-order chi connectivity index (χ1) is 22.7. The summed E-state index contributed by atoms with van der Waals surface area (Å²) in [4.78, 5) is 55.5. The van der Waals surface area contributed by atoms with Gasteiger partial charge in [0.15, 0.2) is 0 Å². The van der Waals surface area contributed by atoms with Crippen molar-refractivity contribution in [1.82, 2.24) is 19.8 Å². The van der Waals surface area contributed by atoms with Crippen molar-refractivity contribution in [3.8, 4) is 0 Å². The van der Waals surface area contributed by atoms with Crippen LogP contribution in [-0.2, 0) is 29.1 Å². The molecule has 12 nitrogen and oxygen atoms in total. The lowest BCUT2D eigenvalue weighted by Gasteiger charge is -2.32. The summed E-state index contributed by atoms with van der Waals surface area (Å²) in [6.45, 7) is 5.32. The number of amides is 3. The molecule has 6 rings (SSSR count). The quantitative estimate of drug-likeness (QED) is 0.412. The second-order valence-corrected chi connectivity index (χ2v) is 16.4. The molecule has 1 aliphatic carbocycles. The molecule has 258 valence electrons. The highest BCUT2D eigenvalue weighted by molar-refractivity contribution is 7.89. The lowest BCUT2D eigenvalue weighted by atomic mass is 9.93. The number of hydrogen-bond donors (Lipinski definition) is 3. The molecule has 13 heteroatoms. The molecule has 48 heavy (non-hydrogen) atoms. The number of rotatable bonds is 4. The predicted octanol–water partition coefficient (Wildman–Crippen LogP) is 3.66. The number of benzene rings is 2. The maximum Gasteiger partial charge on any atom is 0.408 e. The van der Waals surface area contributed by atoms with E-state index in [9.17, 15) is 32.7 Å². The molecule has 0 bridgehead atoms. The molecule has 3 aliphatic heterocycles. The van der Waals surface area contributed by atoms with Crippen LogP contribution in [0.1, 0.15) is 59.3 Å². The van der Waals surface area contributed by atoms with Crippen LogP contribution in [0.3, 0.4) is 0 Å². The zero-order valence-corrected chi connectivity index (χ0v) is 28.4. The molecule has 0 spiro atoms. The van der Waals surface area contributed by atoms with Crippen molar-refractivity contribution in [3.05, 3.63) is 54.6 Å². The van der Waals surface area contributed by atoms with Crippen LogP contribution < -0.4 is 10.6 Å². The molecule has 0 unspecified atom stereocenters. The van der Waals surface area contributed by atoms with E-state index in [2.05, 4.69) is 10.6 Å². The fraction of sp³-hybridized carbons (Fsp3) is 0.543. The van der Waals surface area contributed by atoms with Gasteiger partial charge in [-0.25, -0.2) is 18.0 Å². The highest BCUT2D eigenvalue weighted by Gasteiger charge is 2.63. The number of allylic oxidation sites excluding steroid dienone is 1. The Balaban J connectivity index is 1.32. The van der Waals surface area contributed by atoms with Gasteiger partial charge in [-0.15, -0.1) is 0 Å². The second kappa shape index (κ2) is 12.8. The smallest absolute Gasteiger partial charge is 0.408 e. The molecule has 6 atom stereocenters. The minimum atomic E-state index is -3.98. The molecular formula is C35H44N4O8S. The van der Waals surface area contributed by atoms with Gasteiger partial charge < -0.3 is 25.4 Å². The van der Waals surface area contributed by atoms with Gasteiger partial charge in [-0.1, -0.05) is 61.4 Å². The molecular weight excluding hydrogens is 636 g/mol. The molecule has 2 aromatic rings. The van der Waals surface area contributed by atoms with Crippen molar-refractivity contribution in [2.24, 2.45) is 17.8 Å². The van der Waals surface area contributed by atoms with Gasteiger partial charge in [0.25, 0.3) is 0 Å². The van der Waals surface area contributed by atoms with E-state index in [1.807, 2.05) is 30.4 Å². The standard InChI is InChI=1S/C35H44N4O8S/c1-34(2,3)47-33(44)36-27-16-8-6-4-5-7-14-24-18-35(24,32(42)43)37-30(40)29-26-21-38(19-23(26)20-39(29)31(27)41)48(45,46)28-17-11-13-22-12-9-10-15-25(22)28/h7,9-15,17,23-24,26-27,29H,4-6,8,16,18-21H2,1-3H3,(H,36,44)(H,37,40)(H,42,43)/b14-7-/t23-,24-,26-,27+,29-,35+/m0/s1. The Morgan fingerprint density at radius 1 is 1.02 bits per heavy atom. The van der Waals surface area contributed by atoms with Crippen LogP contribution in [-0.4, -0.2) is 89.5 Å². The van der Waals surface area contributed by atoms with E-state index in [0.29, 0.717) is 18.2 Å². The van der Waals surface area contributed by atoms with Gasteiger partial charge in [-0.2, -0.15) is 4.31 Å². The number of carboxylic acids is 1. The van der Waals surface area contributed by atoms with Gasteiger partial charge in [-0.3, -0.25) is 9.59 Å². The molecule has 2 saturated heterocycles. The molecule has 3 fully saturated rings. The van der Waals surface area contributed by atoms with Crippen LogP contribution in [0.5, 0.6) is 0 Å². The number of aliphatic carboxylic acids is 1. The first-order valence-electron chi connectivity index (χ1n) is 16.7. The number of ether oxygens (including phenoxy) is 1. The number of fused-ring (bicyclic) bond motifs is 5. The zero-order chi connectivity index (χ0) is 34.4. The topological polar surface area (TPSA) is 162 Å². The predicted molar refractivity (Wildman–Crippen MR) is 177 cm³/mol. The minimum Gasteiger partial charge on any atom is -0.479 e. The van der Waals surface area contributed by atoms with E-state index in [4.69, 9.17) is 4.74 Å². The van der Waals surface area contributed by atoms with Crippen LogP contribution in [0.15, 0.2) is 59.5 Å². The fourth-order valence-corrected chi connectivity index (χ4v) is 9.28. The SMILES string of the molecule is CC(C)(C)OC(=O)N[C@@H]1CCCCC/C=C\[C@H]2C[C@@]2(C(=O)O)NC(=O)[C@@H]2[C@H]3CN(S(=O)(=O)c4cccc5ccccc45)C[C@H]3CN2C1=O. The summed E-state index contributed by atoms with van der Waals surface area (Å²) >= 11 is 0. The number of nitrogens with one attached hydrogen (secondary N) is 2. The van der Waals surface area contributed by atoms with Gasteiger partial charge in [0.2, 0.25) is 21.8 Å². The highest BCUT2D eigenvalue weighted by Crippen LogP contribution is 2.46. The van der Waals surface area contributed by atoms with Crippen LogP contribution >= 0.6 is 0 Å². The molecule has 2 aromatic carbocycles. The van der Waals surface area contributed by atoms with Crippen molar-refractivity contribution in [1.29, 1.82) is 0 Å². The van der Waals surface area contributed by atoms with E-state index in [-0.39, 0.29) is 42.8 Å². The summed E-state index contributed by atoms with van der Waals surface area (Å²) in [6, 6.07) is 10.2. The maximum atomic E-state index is 14.3. The summed E-state index contributed by atoms with van der Waals surface area (Å²) in [7, 11) is -3.98. The van der Waals surface area contributed by atoms with E-state index < -0.39 is 63.0 Å². The van der Waals surface area contributed by atoms with Gasteiger partial charge in [0.1, 0.15) is 23.2 Å². The Kier molecular flexibility index (Phi) is 9.05. The van der Waals surface area contributed by atoms with Crippen molar-refractivity contribution in [2.75, 3.05) is 19.6 Å². The number of carboxylic acid groups (broad SMARTS) is 1. The summed E-state index contributed by atoms with van der Waals surface area (Å²) in [5, 5.41) is 17.1. The van der Waals surface area contributed by atoms with Gasteiger partial charge in [0, 0.05) is 36.9 Å². The van der Waals surface area contributed by atoms with Gasteiger partial charge in [0.05, 0.1) is 4.90 Å². The third kappa shape index (κ3) is 6.54. The van der Waals surface area contributed by atoms with Crippen LogP contribution in [0.2, 0.25) is 0 Å². The molecule has 1 saturated carbocycles. The van der Waals surface area contributed by atoms with E-state index in [1.54, 1.807) is 45.0 Å². The highest BCUT2D eigenvalue weighted by atomic mass is 32.2. The summed E-state index contributed by atoms with van der Waals surface area (Å²) in [5.41, 5.74) is -2.29. The van der Waals surface area contributed by atoms with E-state index in [1.165, 1.54) is 9.21 Å². The molecule has 3 heterocycles. The van der Waals surface area contributed by atoms with Gasteiger partial charge >= 0.3 is 12.1 Å². The molecule has 4 aliphatic rings. The zero-order valence-electron chi connectivity index (χ0n) is 27.6. The monoisotopic (exact) mass is 680 g/mol. The third-order valence-electron chi connectivity index (χ3n) is 10.0. The van der Waals surface area contributed by atoms with Crippen molar-refractivity contribution >= 4 is 44.7 Å². The first kappa shape index (κ1) is 33.9. The number of alkyl carbamates (subject to hydrolysis) is 1. The first-order valence-corrected chi connectivity index (χ1v) is 18.2. The fourth-order valence-electron chi connectivity index (χ4n) is 7.54. The second-order valence-electron chi connectivity index (χ2n) is 14.5. The number of sulfonamides is 1. The van der Waals surface area contributed by atoms with E-state index >= 15 is 0 Å². The van der Waals surface area contributed by atoms with E-state index in [0.717, 1.165) is 24.6 Å². The minimum absolute atomic E-state index is 0.0222. The summed E-state index contributed by atoms with van der Waals surface area (Å²) in [5.74, 6) is -3.62. The third-order valence-corrected chi connectivity index (χ3v) is 11.9. The number of nitrogens with zero attached hydrogens (tertiary/aromatic N) is 2. The Morgan fingerprint density at radius 2 is 1.77 bits per heavy atom. The summed E-state index contributed by atoms with van der Waals surface area (Å²) < 4.78 is 35.0. The number of carbonyl (C=O) groups is 4. The molecule has 3 amide bonds. The van der Waals surface area contributed by atoms with Crippen LogP contribution in [0.25, 0.3) is 10.8 Å². The Labute approximate surface area is 280 Å². The molecule has 0 aromatic heterocycles. The van der Waals surface area contributed by atoms with Gasteiger partial charge in [-0.05, 0) is 63.8 Å². The Hall–Kier alpha value is -3.97. The van der Waals surface area contributed by atoms with Crippen LogP contribution in [0, 0.1) is 17.8 Å². The average Bonchev–Trinajstić information content (AvgIpc) is 3.36.